The quantitative estimate of drug-likeness (QED) is 0.856. The number of carbonyl (C=O) groups is 1. The van der Waals surface area contributed by atoms with Crippen LogP contribution in [-0.4, -0.2) is 46.1 Å². The van der Waals surface area contributed by atoms with Crippen molar-refractivity contribution in [1.29, 1.82) is 0 Å². The molecule has 1 aromatic carbocycles. The number of carbonyl (C=O) groups excluding carboxylic acids is 1. The number of nitrogens with zero attached hydrogens (tertiary/aromatic N) is 3. The molecular weight excluding hydrogens is 355 g/mol. The Morgan fingerprint density at radius 1 is 1.33 bits per heavy atom. The highest BCUT2D eigenvalue weighted by Gasteiger charge is 2.40. The Morgan fingerprint density at radius 3 is 2.71 bits per heavy atom. The maximum Gasteiger partial charge on any atom is 0.275 e. The van der Waals surface area contributed by atoms with E-state index < -0.39 is 12.1 Å². The van der Waals surface area contributed by atoms with Gasteiger partial charge in [0.2, 0.25) is 5.95 Å². The van der Waals surface area contributed by atoms with E-state index in [0.29, 0.717) is 21.3 Å². The number of amides is 1. The van der Waals surface area contributed by atoms with Gasteiger partial charge in [-0.3, -0.25) is 4.79 Å². The number of aromatic nitrogens is 2. The summed E-state index contributed by atoms with van der Waals surface area (Å²) in [5.74, 6) is -0.515. The second kappa shape index (κ2) is 6.52. The Bertz CT molecular complexity index is 816. The monoisotopic (exact) mass is 368 g/mol. The number of hydrogen-bond donors (Lipinski definition) is 2. The van der Waals surface area contributed by atoms with E-state index in [0.717, 1.165) is 0 Å². The maximum absolute atomic E-state index is 12.5. The first-order valence-electron chi connectivity index (χ1n) is 7.05. The van der Waals surface area contributed by atoms with Crippen LogP contribution in [0.3, 0.4) is 0 Å². The number of anilines is 1. The molecule has 0 radical (unpaired) electrons. The van der Waals surface area contributed by atoms with E-state index in [9.17, 15) is 9.90 Å². The van der Waals surface area contributed by atoms with Gasteiger partial charge in [-0.15, -0.1) is 0 Å². The molecule has 0 saturated heterocycles. The number of halogens is 2. The van der Waals surface area contributed by atoms with Crippen LogP contribution in [0.2, 0.25) is 10.0 Å². The molecule has 0 saturated carbocycles. The minimum Gasteiger partial charge on any atom is -0.383 e. The van der Waals surface area contributed by atoms with Crippen LogP contribution < -0.4 is 5.73 Å². The first-order chi connectivity index (χ1) is 11.4. The number of rotatable bonds is 4. The number of ether oxygens (including phenoxy) is 1. The first kappa shape index (κ1) is 16.9. The van der Waals surface area contributed by atoms with Gasteiger partial charge in [0.1, 0.15) is 5.69 Å². The van der Waals surface area contributed by atoms with Gasteiger partial charge in [-0.2, -0.15) is 0 Å². The van der Waals surface area contributed by atoms with Crippen LogP contribution in [0.4, 0.5) is 5.95 Å². The standard InChI is InChI=1S/C15H14Cl2N4O3/c1-24-5-4-21-13(22)10-11(8-3-2-7(16)6-9(8)17)19-15(18)20-12(10)14(21)23/h2-3,6,13,22H,4-5H2,1H3,(H2,18,19,20). The third kappa shape index (κ3) is 2.80. The fourth-order valence-electron chi connectivity index (χ4n) is 2.60. The second-order valence-corrected chi connectivity index (χ2v) is 6.03. The Kier molecular flexibility index (Phi) is 4.60. The van der Waals surface area contributed by atoms with Crippen molar-refractivity contribution in [3.63, 3.8) is 0 Å². The zero-order valence-corrected chi connectivity index (χ0v) is 14.2. The largest absolute Gasteiger partial charge is 0.383 e. The molecule has 1 amide bonds. The van der Waals surface area contributed by atoms with Gasteiger partial charge in [0, 0.05) is 24.2 Å². The minimum absolute atomic E-state index is 0.0621. The predicted molar refractivity (Wildman–Crippen MR) is 89.8 cm³/mol. The van der Waals surface area contributed by atoms with Crippen LogP contribution in [-0.2, 0) is 4.74 Å². The Labute approximate surface area is 148 Å². The highest BCUT2D eigenvalue weighted by atomic mass is 35.5. The highest BCUT2D eigenvalue weighted by Crippen LogP contribution is 2.40. The average Bonchev–Trinajstić information content (AvgIpc) is 2.76. The first-order valence-corrected chi connectivity index (χ1v) is 7.80. The number of nitrogens with two attached hydrogens (primary N) is 1. The normalized spacial score (nSPS) is 16.6. The summed E-state index contributed by atoms with van der Waals surface area (Å²) in [5, 5.41) is 11.4. The van der Waals surface area contributed by atoms with Gasteiger partial charge in [-0.05, 0) is 18.2 Å². The molecule has 0 fully saturated rings. The fraction of sp³-hybridized carbons (Fsp3) is 0.267. The molecule has 0 bridgehead atoms. The predicted octanol–water partition coefficient (Wildman–Crippen LogP) is 2.13. The van der Waals surface area contributed by atoms with Crippen LogP contribution in [0.25, 0.3) is 11.3 Å². The van der Waals surface area contributed by atoms with E-state index in [1.54, 1.807) is 18.2 Å². The second-order valence-electron chi connectivity index (χ2n) is 5.18. The zero-order valence-electron chi connectivity index (χ0n) is 12.7. The maximum atomic E-state index is 12.5. The van der Waals surface area contributed by atoms with Gasteiger partial charge >= 0.3 is 0 Å². The van der Waals surface area contributed by atoms with Crippen molar-refractivity contribution in [2.24, 2.45) is 0 Å². The summed E-state index contributed by atoms with van der Waals surface area (Å²) in [6, 6.07) is 4.84. The van der Waals surface area contributed by atoms with E-state index in [2.05, 4.69) is 9.97 Å². The number of aliphatic hydroxyl groups excluding tert-OH is 1. The van der Waals surface area contributed by atoms with Crippen molar-refractivity contribution in [1.82, 2.24) is 14.9 Å². The molecule has 2 heterocycles. The van der Waals surface area contributed by atoms with Crippen molar-refractivity contribution in [2.75, 3.05) is 26.0 Å². The molecule has 1 unspecified atom stereocenters. The highest BCUT2D eigenvalue weighted by molar-refractivity contribution is 6.36. The van der Waals surface area contributed by atoms with Crippen LogP contribution >= 0.6 is 23.2 Å². The molecule has 2 aromatic rings. The van der Waals surface area contributed by atoms with Crippen molar-refractivity contribution in [3.8, 4) is 11.3 Å². The molecule has 0 aliphatic carbocycles. The Balaban J connectivity index is 2.15. The van der Waals surface area contributed by atoms with Gasteiger partial charge in [-0.1, -0.05) is 23.2 Å². The number of benzene rings is 1. The van der Waals surface area contributed by atoms with Gasteiger partial charge in [0.05, 0.1) is 22.9 Å². The van der Waals surface area contributed by atoms with Crippen molar-refractivity contribution >= 4 is 35.1 Å². The van der Waals surface area contributed by atoms with E-state index in [1.165, 1.54) is 12.0 Å². The number of aliphatic hydroxyl groups is 1. The van der Waals surface area contributed by atoms with Crippen LogP contribution in [0.5, 0.6) is 0 Å². The van der Waals surface area contributed by atoms with Gasteiger partial charge in [-0.25, -0.2) is 9.97 Å². The van der Waals surface area contributed by atoms with Crippen molar-refractivity contribution in [3.05, 3.63) is 39.5 Å². The summed E-state index contributed by atoms with van der Waals surface area (Å²) in [6.45, 7) is 0.483. The molecule has 1 aliphatic heterocycles. The van der Waals surface area contributed by atoms with Crippen LogP contribution in [0, 0.1) is 0 Å². The van der Waals surface area contributed by atoms with Gasteiger partial charge in [0.25, 0.3) is 5.91 Å². The fourth-order valence-corrected chi connectivity index (χ4v) is 3.10. The molecule has 1 atom stereocenters. The number of methoxy groups -OCH3 is 1. The van der Waals surface area contributed by atoms with Gasteiger partial charge in [0.15, 0.2) is 6.23 Å². The topological polar surface area (TPSA) is 102 Å². The lowest BCUT2D eigenvalue weighted by Gasteiger charge is -2.20. The summed E-state index contributed by atoms with van der Waals surface area (Å²) >= 11 is 12.2. The molecule has 126 valence electrons. The third-order valence-electron chi connectivity index (χ3n) is 3.70. The molecule has 1 aromatic heterocycles. The number of fused-ring (bicyclic) bond motifs is 1. The van der Waals surface area contributed by atoms with E-state index in [1.807, 2.05) is 0 Å². The lowest BCUT2D eigenvalue weighted by Crippen LogP contribution is -2.31. The molecule has 24 heavy (non-hydrogen) atoms. The Morgan fingerprint density at radius 2 is 2.04 bits per heavy atom. The summed E-state index contributed by atoms with van der Waals surface area (Å²) in [6.07, 6.45) is -1.20. The summed E-state index contributed by atoms with van der Waals surface area (Å²) < 4.78 is 4.97. The van der Waals surface area contributed by atoms with Crippen molar-refractivity contribution < 1.29 is 14.6 Å². The third-order valence-corrected chi connectivity index (χ3v) is 4.25. The molecule has 3 rings (SSSR count). The minimum atomic E-state index is -1.20. The summed E-state index contributed by atoms with van der Waals surface area (Å²) in [5.41, 5.74) is 6.88. The SMILES string of the molecule is COCCN1C(=O)c2nc(N)nc(-c3ccc(Cl)cc3Cl)c2C1O. The molecule has 3 N–H and O–H groups in total. The van der Waals surface area contributed by atoms with Gasteiger partial charge < -0.3 is 20.5 Å². The van der Waals surface area contributed by atoms with Crippen molar-refractivity contribution in [2.45, 2.75) is 6.23 Å². The molecule has 7 nitrogen and oxygen atoms in total. The van der Waals surface area contributed by atoms with E-state index >= 15 is 0 Å². The molecule has 1 aliphatic rings. The van der Waals surface area contributed by atoms with E-state index in [4.69, 9.17) is 33.7 Å². The summed E-state index contributed by atoms with van der Waals surface area (Å²) in [4.78, 5) is 21.9. The van der Waals surface area contributed by atoms with Crippen LogP contribution in [0.1, 0.15) is 22.3 Å². The smallest absolute Gasteiger partial charge is 0.275 e. The molecule has 0 spiro atoms. The van der Waals surface area contributed by atoms with Crippen LogP contribution in [0.15, 0.2) is 18.2 Å². The Hall–Kier alpha value is -1.93. The lowest BCUT2D eigenvalue weighted by molar-refractivity contribution is 0.00739. The average molecular weight is 369 g/mol. The molecular formula is C15H14Cl2N4O3. The lowest BCUT2D eigenvalue weighted by atomic mass is 10.0. The molecule has 9 heteroatoms. The summed E-state index contributed by atoms with van der Waals surface area (Å²) in [7, 11) is 1.51. The number of nitrogen functional groups attached to an aromatic ring is 1. The van der Waals surface area contributed by atoms with E-state index in [-0.39, 0.29) is 30.4 Å². The number of hydrogen-bond acceptors (Lipinski definition) is 6. The zero-order chi connectivity index (χ0) is 17.4.